The minimum Gasteiger partial charge on any atom is -0.341 e. The fraction of sp³-hybridized carbons (Fsp3) is 0.467. The first-order chi connectivity index (χ1) is 9.69. The summed E-state index contributed by atoms with van der Waals surface area (Å²) < 4.78 is 0. The maximum absolute atomic E-state index is 11.5. The molecule has 2 rings (SSSR count). The van der Waals surface area contributed by atoms with Crippen molar-refractivity contribution >= 4 is 11.9 Å². The third-order valence-electron chi connectivity index (χ3n) is 3.68. The van der Waals surface area contributed by atoms with Gasteiger partial charge in [0.1, 0.15) is 0 Å². The van der Waals surface area contributed by atoms with Gasteiger partial charge in [-0.25, -0.2) is 4.79 Å². The lowest BCUT2D eigenvalue weighted by atomic mass is 9.99. The largest absolute Gasteiger partial charge is 0.341 e. The third-order valence-corrected chi connectivity index (χ3v) is 3.68. The third kappa shape index (κ3) is 4.06. The van der Waals surface area contributed by atoms with E-state index in [0.29, 0.717) is 18.9 Å². The van der Waals surface area contributed by atoms with Gasteiger partial charge in [0.15, 0.2) is 0 Å². The van der Waals surface area contributed by atoms with Crippen LogP contribution in [0.25, 0.3) is 0 Å². The SMILES string of the molecule is CNC(=O)NC(=O)CCN1CC[C@H](c2ccccc2)C1. The Kier molecular flexibility index (Phi) is 5.12. The molecule has 0 saturated carbocycles. The molecule has 1 heterocycles. The highest BCUT2D eigenvalue weighted by molar-refractivity contribution is 5.94. The number of imide groups is 1. The Labute approximate surface area is 119 Å². The fourth-order valence-electron chi connectivity index (χ4n) is 2.54. The van der Waals surface area contributed by atoms with Gasteiger partial charge in [0.2, 0.25) is 5.91 Å². The highest BCUT2D eigenvalue weighted by atomic mass is 16.2. The number of carbonyl (C=O) groups excluding carboxylic acids is 2. The number of urea groups is 1. The van der Waals surface area contributed by atoms with E-state index >= 15 is 0 Å². The fourth-order valence-corrected chi connectivity index (χ4v) is 2.54. The van der Waals surface area contributed by atoms with E-state index in [9.17, 15) is 9.59 Å². The minimum atomic E-state index is -0.446. The molecule has 0 aromatic heterocycles. The first-order valence-corrected chi connectivity index (χ1v) is 6.98. The first kappa shape index (κ1) is 14.5. The summed E-state index contributed by atoms with van der Waals surface area (Å²) in [6, 6.07) is 10.0. The molecular weight excluding hydrogens is 254 g/mol. The molecule has 2 N–H and O–H groups in total. The van der Waals surface area contributed by atoms with E-state index in [-0.39, 0.29) is 5.91 Å². The Morgan fingerprint density at radius 3 is 2.75 bits per heavy atom. The molecule has 5 heteroatoms. The van der Waals surface area contributed by atoms with Gasteiger partial charge in [0.05, 0.1) is 0 Å². The van der Waals surface area contributed by atoms with Crippen molar-refractivity contribution in [2.45, 2.75) is 18.8 Å². The molecule has 0 unspecified atom stereocenters. The zero-order chi connectivity index (χ0) is 14.4. The van der Waals surface area contributed by atoms with Crippen LogP contribution in [0.1, 0.15) is 24.3 Å². The van der Waals surface area contributed by atoms with Crippen molar-refractivity contribution < 1.29 is 9.59 Å². The topological polar surface area (TPSA) is 61.4 Å². The summed E-state index contributed by atoms with van der Waals surface area (Å²) >= 11 is 0. The Morgan fingerprint density at radius 2 is 2.05 bits per heavy atom. The van der Waals surface area contributed by atoms with Crippen LogP contribution in [-0.4, -0.2) is 43.5 Å². The van der Waals surface area contributed by atoms with Crippen molar-refractivity contribution in [3.63, 3.8) is 0 Å². The molecule has 5 nitrogen and oxygen atoms in total. The van der Waals surface area contributed by atoms with E-state index in [1.165, 1.54) is 12.6 Å². The van der Waals surface area contributed by atoms with Gasteiger partial charge in [-0.05, 0) is 24.4 Å². The van der Waals surface area contributed by atoms with E-state index in [0.717, 1.165) is 19.5 Å². The first-order valence-electron chi connectivity index (χ1n) is 6.98. The van der Waals surface area contributed by atoms with Crippen molar-refractivity contribution in [2.24, 2.45) is 0 Å². The lowest BCUT2D eigenvalue weighted by Gasteiger charge is -2.15. The van der Waals surface area contributed by atoms with E-state index in [1.54, 1.807) is 0 Å². The van der Waals surface area contributed by atoms with Gasteiger partial charge in [0, 0.05) is 26.6 Å². The van der Waals surface area contributed by atoms with Crippen molar-refractivity contribution in [1.82, 2.24) is 15.5 Å². The molecule has 1 aliphatic rings. The number of nitrogens with one attached hydrogen (secondary N) is 2. The summed E-state index contributed by atoms with van der Waals surface area (Å²) in [7, 11) is 1.49. The molecule has 0 radical (unpaired) electrons. The van der Waals surface area contributed by atoms with E-state index < -0.39 is 6.03 Å². The van der Waals surface area contributed by atoms with Crippen LogP contribution in [-0.2, 0) is 4.79 Å². The maximum atomic E-state index is 11.5. The second-order valence-corrected chi connectivity index (χ2v) is 5.07. The summed E-state index contributed by atoms with van der Waals surface area (Å²) in [4.78, 5) is 24.8. The van der Waals surface area contributed by atoms with Gasteiger partial charge < -0.3 is 10.2 Å². The molecule has 3 amide bonds. The summed E-state index contributed by atoms with van der Waals surface area (Å²) in [6.07, 6.45) is 1.48. The maximum Gasteiger partial charge on any atom is 0.321 e. The van der Waals surface area contributed by atoms with E-state index in [1.807, 2.05) is 6.07 Å². The summed E-state index contributed by atoms with van der Waals surface area (Å²) in [6.45, 7) is 2.69. The van der Waals surface area contributed by atoms with Crippen LogP contribution in [0.4, 0.5) is 4.79 Å². The quantitative estimate of drug-likeness (QED) is 0.871. The molecule has 1 atom stereocenters. The molecule has 108 valence electrons. The zero-order valence-corrected chi connectivity index (χ0v) is 11.8. The average Bonchev–Trinajstić information content (AvgIpc) is 2.95. The Bertz CT molecular complexity index is 461. The number of amides is 3. The molecule has 20 heavy (non-hydrogen) atoms. The monoisotopic (exact) mass is 275 g/mol. The van der Waals surface area contributed by atoms with Crippen LogP contribution < -0.4 is 10.6 Å². The second-order valence-electron chi connectivity index (χ2n) is 5.07. The van der Waals surface area contributed by atoms with Gasteiger partial charge in [-0.2, -0.15) is 0 Å². The van der Waals surface area contributed by atoms with Crippen LogP contribution >= 0.6 is 0 Å². The normalized spacial score (nSPS) is 18.8. The molecular formula is C15H21N3O2. The van der Waals surface area contributed by atoms with Crippen molar-refractivity contribution in [3.8, 4) is 0 Å². The van der Waals surface area contributed by atoms with E-state index in [2.05, 4.69) is 39.8 Å². The molecule has 0 aliphatic carbocycles. The zero-order valence-electron chi connectivity index (χ0n) is 11.8. The van der Waals surface area contributed by atoms with Crippen molar-refractivity contribution in [2.75, 3.05) is 26.7 Å². The lowest BCUT2D eigenvalue weighted by molar-refractivity contribution is -0.120. The van der Waals surface area contributed by atoms with Gasteiger partial charge in [-0.3, -0.25) is 10.1 Å². The average molecular weight is 275 g/mol. The number of benzene rings is 1. The molecule has 1 aromatic carbocycles. The van der Waals surface area contributed by atoms with E-state index in [4.69, 9.17) is 0 Å². The number of carbonyl (C=O) groups is 2. The van der Waals surface area contributed by atoms with Crippen LogP contribution in [0.3, 0.4) is 0 Å². The molecule has 0 spiro atoms. The number of hydrogen-bond donors (Lipinski definition) is 2. The van der Waals surface area contributed by atoms with Crippen LogP contribution in [0, 0.1) is 0 Å². The summed E-state index contributed by atoms with van der Waals surface area (Å²) in [5, 5.41) is 4.65. The number of rotatable bonds is 4. The van der Waals surface area contributed by atoms with Gasteiger partial charge in [-0.15, -0.1) is 0 Å². The summed E-state index contributed by atoms with van der Waals surface area (Å²) in [5.74, 6) is 0.325. The second kappa shape index (κ2) is 7.05. The Morgan fingerprint density at radius 1 is 1.30 bits per heavy atom. The van der Waals surface area contributed by atoms with Crippen molar-refractivity contribution in [1.29, 1.82) is 0 Å². The highest BCUT2D eigenvalue weighted by Crippen LogP contribution is 2.26. The number of likely N-dealkylation sites (tertiary alicyclic amines) is 1. The predicted molar refractivity (Wildman–Crippen MR) is 77.5 cm³/mol. The highest BCUT2D eigenvalue weighted by Gasteiger charge is 2.23. The molecule has 0 bridgehead atoms. The molecule has 1 aromatic rings. The van der Waals surface area contributed by atoms with Gasteiger partial charge in [-0.1, -0.05) is 30.3 Å². The summed E-state index contributed by atoms with van der Waals surface area (Å²) in [5.41, 5.74) is 1.37. The number of hydrogen-bond acceptors (Lipinski definition) is 3. The van der Waals surface area contributed by atoms with Gasteiger partial charge >= 0.3 is 6.03 Å². The molecule has 1 fully saturated rings. The smallest absolute Gasteiger partial charge is 0.321 e. The number of nitrogens with zero attached hydrogens (tertiary/aromatic N) is 1. The van der Waals surface area contributed by atoms with Crippen LogP contribution in [0.15, 0.2) is 30.3 Å². The standard InChI is InChI=1S/C15H21N3O2/c1-16-15(20)17-14(19)8-10-18-9-7-13(11-18)12-5-3-2-4-6-12/h2-6,13H,7-11H2,1H3,(H2,16,17,19,20)/t13-/m0/s1. The Balaban J connectivity index is 1.74. The van der Waals surface area contributed by atoms with Gasteiger partial charge in [0.25, 0.3) is 0 Å². The molecule has 1 aliphatic heterocycles. The molecule has 1 saturated heterocycles. The predicted octanol–water partition coefficient (Wildman–Crippen LogP) is 1.32. The van der Waals surface area contributed by atoms with Crippen molar-refractivity contribution in [3.05, 3.63) is 35.9 Å². The van der Waals surface area contributed by atoms with Crippen LogP contribution in [0.2, 0.25) is 0 Å². The Hall–Kier alpha value is -1.88. The minimum absolute atomic E-state index is 0.229. The lowest BCUT2D eigenvalue weighted by Crippen LogP contribution is -2.38. The van der Waals surface area contributed by atoms with Crippen LogP contribution in [0.5, 0.6) is 0 Å².